The highest BCUT2D eigenvalue weighted by Gasteiger charge is 2.29. The van der Waals surface area contributed by atoms with E-state index in [0.717, 1.165) is 35.4 Å². The molecule has 1 fully saturated rings. The van der Waals surface area contributed by atoms with Gasteiger partial charge in [-0.1, -0.05) is 12.1 Å². The van der Waals surface area contributed by atoms with Crippen molar-refractivity contribution in [3.05, 3.63) is 65.8 Å². The van der Waals surface area contributed by atoms with E-state index in [2.05, 4.69) is 15.0 Å². The molecule has 3 heterocycles. The molecule has 3 aromatic rings. The van der Waals surface area contributed by atoms with Crippen molar-refractivity contribution >= 4 is 11.9 Å². The molecular weight excluding hydrogens is 395 g/mol. The van der Waals surface area contributed by atoms with Gasteiger partial charge >= 0.3 is 0 Å². The van der Waals surface area contributed by atoms with Crippen LogP contribution in [0.4, 0.5) is 10.3 Å². The fraction of sp³-hybridized carbons (Fsp3) is 0.348. The minimum absolute atomic E-state index is 0.0397. The average Bonchev–Trinajstić information content (AvgIpc) is 2.79. The highest BCUT2D eigenvalue weighted by molar-refractivity contribution is 5.92. The van der Waals surface area contributed by atoms with E-state index in [1.54, 1.807) is 24.5 Å². The lowest BCUT2D eigenvalue weighted by molar-refractivity contribution is 0.0699. The molecule has 1 saturated heterocycles. The molecule has 4 rings (SSSR count). The first-order chi connectivity index (χ1) is 14.9. The Morgan fingerprint density at radius 2 is 1.87 bits per heavy atom. The van der Waals surface area contributed by atoms with Gasteiger partial charge in [0, 0.05) is 51.1 Å². The van der Waals surface area contributed by atoms with Crippen LogP contribution in [0, 0.1) is 12.7 Å². The van der Waals surface area contributed by atoms with Crippen molar-refractivity contribution in [2.75, 3.05) is 32.1 Å². The number of amides is 1. The van der Waals surface area contributed by atoms with Crippen LogP contribution in [0.25, 0.3) is 11.1 Å². The summed E-state index contributed by atoms with van der Waals surface area (Å²) in [7, 11) is 3.78. The summed E-state index contributed by atoms with van der Waals surface area (Å²) >= 11 is 0. The lowest BCUT2D eigenvalue weighted by atomic mass is 9.89. The Morgan fingerprint density at radius 1 is 1.10 bits per heavy atom. The van der Waals surface area contributed by atoms with Gasteiger partial charge in [-0.2, -0.15) is 0 Å². The Morgan fingerprint density at radius 3 is 2.55 bits per heavy atom. The minimum atomic E-state index is -0.287. The van der Waals surface area contributed by atoms with Gasteiger partial charge in [-0.05, 0) is 37.5 Å². The smallest absolute Gasteiger partial charge is 0.274 e. The molecule has 1 aliphatic rings. The summed E-state index contributed by atoms with van der Waals surface area (Å²) in [6.07, 6.45) is 6.69. The number of carbonyl (C=O) groups is 1. The van der Waals surface area contributed by atoms with E-state index in [-0.39, 0.29) is 17.6 Å². The number of carbonyl (C=O) groups excluding carboxylic acids is 1. The maximum Gasteiger partial charge on any atom is 0.274 e. The molecule has 1 aromatic carbocycles. The van der Waals surface area contributed by atoms with E-state index >= 15 is 0 Å². The Kier molecular flexibility index (Phi) is 5.88. The molecule has 160 valence electrons. The van der Waals surface area contributed by atoms with E-state index in [4.69, 9.17) is 4.98 Å². The standard InChI is InChI=1S/C23H25FN6O/c1-15-11-26-20(13-25-15)22(31)30-10-4-5-17(14-30)21-19(12-27-23(28-21)29(2)3)16-6-8-18(24)9-7-16/h6-9,11-13,17H,4-5,10,14H2,1-3H3/t17-/m0/s1. The molecule has 0 radical (unpaired) electrons. The largest absolute Gasteiger partial charge is 0.347 e. The van der Waals surface area contributed by atoms with Crippen LogP contribution in [0.3, 0.4) is 0 Å². The van der Waals surface area contributed by atoms with Crippen molar-refractivity contribution in [1.82, 2.24) is 24.8 Å². The monoisotopic (exact) mass is 420 g/mol. The van der Waals surface area contributed by atoms with E-state index in [0.29, 0.717) is 24.7 Å². The molecule has 1 amide bonds. The maximum absolute atomic E-state index is 13.5. The van der Waals surface area contributed by atoms with Gasteiger partial charge < -0.3 is 9.80 Å². The second-order valence-electron chi connectivity index (χ2n) is 8.00. The van der Waals surface area contributed by atoms with Crippen molar-refractivity contribution in [2.24, 2.45) is 0 Å². The lowest BCUT2D eigenvalue weighted by Crippen LogP contribution is -2.40. The summed E-state index contributed by atoms with van der Waals surface area (Å²) in [5.74, 6) is 0.235. The van der Waals surface area contributed by atoms with Gasteiger partial charge in [0.05, 0.1) is 17.6 Å². The van der Waals surface area contributed by atoms with E-state index in [9.17, 15) is 9.18 Å². The molecule has 1 atom stereocenters. The van der Waals surface area contributed by atoms with Crippen molar-refractivity contribution in [3.8, 4) is 11.1 Å². The SMILES string of the molecule is Cc1cnc(C(=O)N2CCC[C@H](c3nc(N(C)C)ncc3-c3ccc(F)cc3)C2)cn1. The zero-order chi connectivity index (χ0) is 22.0. The van der Waals surface area contributed by atoms with Gasteiger partial charge in [0.15, 0.2) is 0 Å². The molecule has 7 nitrogen and oxygen atoms in total. The van der Waals surface area contributed by atoms with Gasteiger partial charge in [-0.3, -0.25) is 9.78 Å². The van der Waals surface area contributed by atoms with E-state index in [1.165, 1.54) is 18.3 Å². The number of aryl methyl sites for hydroxylation is 1. The highest BCUT2D eigenvalue weighted by Crippen LogP contribution is 2.34. The van der Waals surface area contributed by atoms with Gasteiger partial charge in [0.1, 0.15) is 11.5 Å². The van der Waals surface area contributed by atoms with Gasteiger partial charge in [-0.25, -0.2) is 19.3 Å². The number of halogens is 1. The van der Waals surface area contributed by atoms with Gasteiger partial charge in [-0.15, -0.1) is 0 Å². The molecule has 31 heavy (non-hydrogen) atoms. The number of anilines is 1. The van der Waals surface area contributed by atoms with Crippen LogP contribution in [-0.4, -0.2) is 57.9 Å². The van der Waals surface area contributed by atoms with Gasteiger partial charge in [0.2, 0.25) is 5.95 Å². The summed E-state index contributed by atoms with van der Waals surface area (Å²) < 4.78 is 13.5. The molecular formula is C23H25FN6O. The first-order valence-corrected chi connectivity index (χ1v) is 10.3. The second kappa shape index (κ2) is 8.75. The van der Waals surface area contributed by atoms with Crippen LogP contribution in [0.1, 0.15) is 40.6 Å². The minimum Gasteiger partial charge on any atom is -0.347 e. The first-order valence-electron chi connectivity index (χ1n) is 10.3. The van der Waals surface area contributed by atoms with E-state index in [1.807, 2.05) is 30.8 Å². The Labute approximate surface area is 181 Å². The third kappa shape index (κ3) is 4.52. The number of nitrogens with zero attached hydrogens (tertiary/aromatic N) is 6. The third-order valence-electron chi connectivity index (χ3n) is 5.46. The van der Waals surface area contributed by atoms with Crippen LogP contribution >= 0.6 is 0 Å². The molecule has 2 aromatic heterocycles. The number of likely N-dealkylation sites (tertiary alicyclic amines) is 1. The number of piperidine rings is 1. The highest BCUT2D eigenvalue weighted by atomic mass is 19.1. The molecule has 8 heteroatoms. The molecule has 0 spiro atoms. The zero-order valence-electron chi connectivity index (χ0n) is 17.9. The summed E-state index contributed by atoms with van der Waals surface area (Å²) in [4.78, 5) is 34.4. The number of aromatic nitrogens is 4. The van der Waals surface area contributed by atoms with Crippen molar-refractivity contribution in [3.63, 3.8) is 0 Å². The Balaban J connectivity index is 1.66. The van der Waals surface area contributed by atoms with Crippen LogP contribution in [0.2, 0.25) is 0 Å². The maximum atomic E-state index is 13.5. The lowest BCUT2D eigenvalue weighted by Gasteiger charge is -2.33. The predicted octanol–water partition coefficient (Wildman–Crippen LogP) is 3.47. The zero-order valence-corrected chi connectivity index (χ0v) is 17.9. The van der Waals surface area contributed by atoms with Gasteiger partial charge in [0.25, 0.3) is 5.91 Å². The number of rotatable bonds is 4. The van der Waals surface area contributed by atoms with Crippen LogP contribution in [0.15, 0.2) is 42.9 Å². The normalized spacial score (nSPS) is 16.3. The summed E-state index contributed by atoms with van der Waals surface area (Å²) in [6.45, 7) is 3.04. The fourth-order valence-corrected chi connectivity index (χ4v) is 3.81. The molecule has 0 bridgehead atoms. The quantitative estimate of drug-likeness (QED) is 0.643. The number of hydrogen-bond acceptors (Lipinski definition) is 6. The average molecular weight is 420 g/mol. The predicted molar refractivity (Wildman–Crippen MR) is 116 cm³/mol. The third-order valence-corrected chi connectivity index (χ3v) is 5.46. The summed E-state index contributed by atoms with van der Waals surface area (Å²) in [5, 5.41) is 0. The topological polar surface area (TPSA) is 75.1 Å². The molecule has 0 aliphatic carbocycles. The van der Waals surface area contributed by atoms with Crippen LogP contribution in [0.5, 0.6) is 0 Å². The molecule has 0 unspecified atom stereocenters. The first kappa shape index (κ1) is 20.8. The van der Waals surface area contributed by atoms with Crippen LogP contribution in [-0.2, 0) is 0 Å². The van der Waals surface area contributed by atoms with E-state index < -0.39 is 0 Å². The summed E-state index contributed by atoms with van der Waals surface area (Å²) in [6, 6.07) is 6.35. The number of benzene rings is 1. The van der Waals surface area contributed by atoms with Crippen molar-refractivity contribution in [1.29, 1.82) is 0 Å². The summed E-state index contributed by atoms with van der Waals surface area (Å²) in [5.41, 5.74) is 3.71. The molecule has 1 aliphatic heterocycles. The Hall–Kier alpha value is -3.42. The van der Waals surface area contributed by atoms with Crippen molar-refractivity contribution in [2.45, 2.75) is 25.7 Å². The number of hydrogen-bond donors (Lipinski definition) is 0. The molecule has 0 saturated carbocycles. The van der Waals surface area contributed by atoms with Crippen molar-refractivity contribution < 1.29 is 9.18 Å². The fourth-order valence-electron chi connectivity index (χ4n) is 3.81. The second-order valence-corrected chi connectivity index (χ2v) is 8.00. The molecule has 0 N–H and O–H groups in total. The Bertz CT molecular complexity index is 1070. The van der Waals surface area contributed by atoms with Crippen LogP contribution < -0.4 is 4.90 Å².